The molecule has 1 saturated heterocycles. The Morgan fingerprint density at radius 2 is 1.66 bits per heavy atom. The van der Waals surface area contributed by atoms with Crippen molar-refractivity contribution in [1.29, 1.82) is 0 Å². The van der Waals surface area contributed by atoms with E-state index >= 15 is 0 Å². The zero-order chi connectivity index (χ0) is 21.0. The van der Waals surface area contributed by atoms with Crippen molar-refractivity contribution in [2.24, 2.45) is 5.92 Å². The van der Waals surface area contributed by atoms with Crippen LogP contribution in [-0.2, 0) is 19.6 Å². The molecule has 7 nitrogen and oxygen atoms in total. The van der Waals surface area contributed by atoms with E-state index in [2.05, 4.69) is 5.32 Å². The zero-order valence-electron chi connectivity index (χ0n) is 17.3. The van der Waals surface area contributed by atoms with E-state index in [1.165, 1.54) is 10.7 Å². The molecule has 1 aromatic rings. The number of rotatable bonds is 5. The molecule has 0 spiro atoms. The summed E-state index contributed by atoms with van der Waals surface area (Å²) in [4.78, 5) is 26.6. The van der Waals surface area contributed by atoms with Crippen LogP contribution >= 0.6 is 0 Å². The first kappa shape index (κ1) is 21.8. The topological polar surface area (TPSA) is 86.8 Å². The first-order chi connectivity index (χ1) is 13.8. The Hall–Kier alpha value is -1.93. The Labute approximate surface area is 173 Å². The average molecular weight is 422 g/mol. The number of amides is 2. The summed E-state index contributed by atoms with van der Waals surface area (Å²) in [5.41, 5.74) is 1.99. The lowest BCUT2D eigenvalue weighted by Crippen LogP contribution is -2.52. The van der Waals surface area contributed by atoms with E-state index in [0.29, 0.717) is 18.0 Å². The van der Waals surface area contributed by atoms with Gasteiger partial charge in [0.2, 0.25) is 21.8 Å². The van der Waals surface area contributed by atoms with Crippen molar-refractivity contribution >= 4 is 21.8 Å². The van der Waals surface area contributed by atoms with Gasteiger partial charge in [0.15, 0.2) is 0 Å². The minimum Gasteiger partial charge on any atom is -0.347 e. The fourth-order valence-electron chi connectivity index (χ4n) is 3.98. The van der Waals surface area contributed by atoms with E-state index < -0.39 is 10.0 Å². The molecule has 1 saturated carbocycles. The van der Waals surface area contributed by atoms with Gasteiger partial charge in [-0.1, -0.05) is 25.3 Å². The Bertz CT molecular complexity index is 855. The molecule has 1 N–H and O–H groups in total. The Morgan fingerprint density at radius 3 is 2.28 bits per heavy atom. The third-order valence-electron chi connectivity index (χ3n) is 6.10. The second-order valence-corrected chi connectivity index (χ2v) is 10.0. The number of aryl methyl sites for hydroxylation is 2. The maximum absolute atomic E-state index is 12.9. The second-order valence-electron chi connectivity index (χ2n) is 8.08. The number of carbonyl (C=O) groups is 2. The van der Waals surface area contributed by atoms with Crippen LogP contribution in [-0.4, -0.2) is 62.2 Å². The van der Waals surface area contributed by atoms with Gasteiger partial charge in [-0.15, -0.1) is 0 Å². The van der Waals surface area contributed by atoms with Crippen molar-refractivity contribution < 1.29 is 18.0 Å². The molecule has 0 radical (unpaired) electrons. The Kier molecular flexibility index (Phi) is 6.95. The first-order valence-corrected chi connectivity index (χ1v) is 11.9. The molecular formula is C21H31N3O4S. The summed E-state index contributed by atoms with van der Waals surface area (Å²) in [5, 5.41) is 2.77. The molecule has 160 valence electrons. The third-order valence-corrected chi connectivity index (χ3v) is 7.99. The standard InChI is InChI=1S/C21H31N3O4S/c1-16-8-9-19(14-17(16)2)29(27,28)24-12-10-23(11-13-24)20(25)15-22-21(26)18-6-4-3-5-7-18/h8-9,14,18H,3-7,10-13,15H2,1-2H3,(H,22,26). The highest BCUT2D eigenvalue weighted by Crippen LogP contribution is 2.23. The molecule has 1 aliphatic carbocycles. The highest BCUT2D eigenvalue weighted by Gasteiger charge is 2.30. The minimum atomic E-state index is -3.57. The van der Waals surface area contributed by atoms with Gasteiger partial charge in [0.25, 0.3) is 0 Å². The largest absolute Gasteiger partial charge is 0.347 e. The summed E-state index contributed by atoms with van der Waals surface area (Å²) < 4.78 is 27.2. The molecule has 0 unspecified atom stereocenters. The molecule has 1 aliphatic heterocycles. The molecule has 8 heteroatoms. The van der Waals surface area contributed by atoms with Crippen LogP contribution in [0.4, 0.5) is 0 Å². The lowest BCUT2D eigenvalue weighted by Gasteiger charge is -2.34. The Morgan fingerprint density at radius 1 is 1.00 bits per heavy atom. The zero-order valence-corrected chi connectivity index (χ0v) is 18.1. The maximum atomic E-state index is 12.9. The van der Waals surface area contributed by atoms with Crippen LogP contribution in [0.2, 0.25) is 0 Å². The van der Waals surface area contributed by atoms with Gasteiger partial charge in [-0.3, -0.25) is 9.59 Å². The van der Waals surface area contributed by atoms with Crippen molar-refractivity contribution in [2.75, 3.05) is 32.7 Å². The summed E-state index contributed by atoms with van der Waals surface area (Å²) in [6, 6.07) is 5.15. The number of hydrogen-bond acceptors (Lipinski definition) is 4. The van der Waals surface area contributed by atoms with Crippen molar-refractivity contribution in [2.45, 2.75) is 50.8 Å². The van der Waals surface area contributed by atoms with Crippen molar-refractivity contribution in [3.63, 3.8) is 0 Å². The lowest BCUT2D eigenvalue weighted by atomic mass is 9.89. The van der Waals surface area contributed by atoms with Crippen LogP contribution in [0, 0.1) is 19.8 Å². The molecule has 1 heterocycles. The summed E-state index contributed by atoms with van der Waals surface area (Å²) in [6.45, 7) is 5.02. The van der Waals surface area contributed by atoms with Gasteiger partial charge in [-0.2, -0.15) is 4.31 Å². The third kappa shape index (κ3) is 5.17. The van der Waals surface area contributed by atoms with Gasteiger partial charge >= 0.3 is 0 Å². The van der Waals surface area contributed by atoms with Crippen LogP contribution in [0.15, 0.2) is 23.1 Å². The highest BCUT2D eigenvalue weighted by molar-refractivity contribution is 7.89. The van der Waals surface area contributed by atoms with Gasteiger partial charge in [0.1, 0.15) is 0 Å². The van der Waals surface area contributed by atoms with Gasteiger partial charge in [-0.25, -0.2) is 8.42 Å². The van der Waals surface area contributed by atoms with E-state index in [4.69, 9.17) is 0 Å². The summed E-state index contributed by atoms with van der Waals surface area (Å²) in [6.07, 6.45) is 5.12. The number of carbonyl (C=O) groups excluding carboxylic acids is 2. The van der Waals surface area contributed by atoms with Crippen LogP contribution in [0.25, 0.3) is 0 Å². The van der Waals surface area contributed by atoms with Crippen LogP contribution in [0.3, 0.4) is 0 Å². The number of hydrogen-bond donors (Lipinski definition) is 1. The Balaban J connectivity index is 1.50. The second kappa shape index (κ2) is 9.26. The highest BCUT2D eigenvalue weighted by atomic mass is 32.2. The van der Waals surface area contributed by atoms with Crippen molar-refractivity contribution in [3.8, 4) is 0 Å². The molecule has 29 heavy (non-hydrogen) atoms. The lowest BCUT2D eigenvalue weighted by molar-refractivity contribution is -0.135. The molecule has 2 amide bonds. The van der Waals surface area contributed by atoms with E-state index in [9.17, 15) is 18.0 Å². The summed E-state index contributed by atoms with van der Waals surface area (Å²) in [5.74, 6) is -0.164. The fraction of sp³-hybridized carbons (Fsp3) is 0.619. The molecule has 2 aliphatic rings. The molecule has 0 aromatic heterocycles. The quantitative estimate of drug-likeness (QED) is 0.786. The number of nitrogens with zero attached hydrogens (tertiary/aromatic N) is 2. The summed E-state index contributed by atoms with van der Waals surface area (Å²) >= 11 is 0. The van der Waals surface area contributed by atoms with E-state index in [1.807, 2.05) is 19.9 Å². The van der Waals surface area contributed by atoms with Gasteiger partial charge in [0.05, 0.1) is 11.4 Å². The van der Waals surface area contributed by atoms with Crippen LogP contribution < -0.4 is 5.32 Å². The minimum absolute atomic E-state index is 0.0146. The SMILES string of the molecule is Cc1ccc(S(=O)(=O)N2CCN(C(=O)CNC(=O)C3CCCCC3)CC2)cc1C. The predicted octanol–water partition coefficient (Wildman–Crippen LogP) is 1.83. The monoisotopic (exact) mass is 421 g/mol. The smallest absolute Gasteiger partial charge is 0.243 e. The number of nitrogens with one attached hydrogen (secondary N) is 1. The number of benzene rings is 1. The predicted molar refractivity (Wildman–Crippen MR) is 111 cm³/mol. The van der Waals surface area contributed by atoms with Crippen LogP contribution in [0.1, 0.15) is 43.2 Å². The molecule has 1 aromatic carbocycles. The maximum Gasteiger partial charge on any atom is 0.243 e. The van der Waals surface area contributed by atoms with Gasteiger partial charge in [-0.05, 0) is 49.9 Å². The van der Waals surface area contributed by atoms with Crippen molar-refractivity contribution in [1.82, 2.24) is 14.5 Å². The molecule has 2 fully saturated rings. The summed E-state index contributed by atoms with van der Waals surface area (Å²) in [7, 11) is -3.57. The van der Waals surface area contributed by atoms with Crippen molar-refractivity contribution in [3.05, 3.63) is 29.3 Å². The molecule has 3 rings (SSSR count). The van der Waals surface area contributed by atoms with Crippen LogP contribution in [0.5, 0.6) is 0 Å². The van der Waals surface area contributed by atoms with E-state index in [1.54, 1.807) is 17.0 Å². The van der Waals surface area contributed by atoms with Gasteiger partial charge < -0.3 is 10.2 Å². The number of sulfonamides is 1. The molecule has 0 bridgehead atoms. The average Bonchev–Trinajstić information content (AvgIpc) is 2.74. The van der Waals surface area contributed by atoms with E-state index in [0.717, 1.165) is 36.8 Å². The first-order valence-electron chi connectivity index (χ1n) is 10.4. The molecular weight excluding hydrogens is 390 g/mol. The normalized spacial score (nSPS) is 19.2. The fourth-order valence-corrected chi connectivity index (χ4v) is 5.49. The molecule has 0 atom stereocenters. The number of piperazine rings is 1. The van der Waals surface area contributed by atoms with Gasteiger partial charge in [0, 0.05) is 32.1 Å². The van der Waals surface area contributed by atoms with E-state index in [-0.39, 0.29) is 37.4 Å².